The van der Waals surface area contributed by atoms with E-state index in [0.717, 1.165) is 64.9 Å². The molecule has 2 aromatic carbocycles. The summed E-state index contributed by atoms with van der Waals surface area (Å²) in [5, 5.41) is 18.9. The summed E-state index contributed by atoms with van der Waals surface area (Å²) in [6.45, 7) is 4.55. The molecule has 8 N–H and O–H groups in total. The second-order valence-corrected chi connectivity index (χ2v) is 13.7. The fourth-order valence-corrected chi connectivity index (χ4v) is 7.66. The van der Waals surface area contributed by atoms with Crippen LogP contribution in [0.3, 0.4) is 0 Å². The van der Waals surface area contributed by atoms with Gasteiger partial charge in [-0.3, -0.25) is 14.6 Å². The van der Waals surface area contributed by atoms with Gasteiger partial charge in [0, 0.05) is 30.1 Å². The Morgan fingerprint density at radius 2 is 1.61 bits per heavy atom. The Morgan fingerprint density at radius 3 is 2.22 bits per heavy atom. The third-order valence-corrected chi connectivity index (χ3v) is 10.4. The normalized spacial score (nSPS) is 18.7. The molecule has 2 aromatic rings. The first kappa shape index (κ1) is 33.6. The smallest absolute Gasteiger partial charge is 0.327 e. The van der Waals surface area contributed by atoms with Gasteiger partial charge in [0.1, 0.15) is 12.7 Å². The minimum Gasteiger partial charge on any atom is -0.480 e. The number of hydrogen-bond acceptors (Lipinski definition) is 9. The Morgan fingerprint density at radius 1 is 0.957 bits per heavy atom. The van der Waals surface area contributed by atoms with Crippen LogP contribution in [-0.4, -0.2) is 92.8 Å². The summed E-state index contributed by atoms with van der Waals surface area (Å²) >= 11 is 0. The predicted molar refractivity (Wildman–Crippen MR) is 177 cm³/mol. The molecule has 0 saturated carbocycles. The molecule has 13 nitrogen and oxygen atoms in total. The quantitative estimate of drug-likeness (QED) is 0.164. The van der Waals surface area contributed by atoms with E-state index in [4.69, 9.17) is 11.5 Å². The molecule has 1 saturated heterocycles. The van der Waals surface area contributed by atoms with Crippen LogP contribution in [0.25, 0.3) is 5.70 Å². The number of nitrogens with two attached hydrogens (primary N) is 2. The van der Waals surface area contributed by atoms with Crippen molar-refractivity contribution < 1.29 is 23.1 Å². The number of nitrogens with one attached hydrogen (secondary N) is 3. The molecule has 3 aliphatic rings. The minimum atomic E-state index is -4.02. The van der Waals surface area contributed by atoms with Crippen LogP contribution in [0, 0.1) is 0 Å². The van der Waals surface area contributed by atoms with Crippen molar-refractivity contribution in [2.24, 2.45) is 11.5 Å². The van der Waals surface area contributed by atoms with E-state index >= 15 is 0 Å². The fourth-order valence-electron chi connectivity index (χ4n) is 6.02. The number of nitrogens with zero attached hydrogens (tertiary/aromatic N) is 3. The summed E-state index contributed by atoms with van der Waals surface area (Å²) in [6, 6.07) is 13.6. The number of carbonyl (C=O) groups is 2. The summed E-state index contributed by atoms with van der Waals surface area (Å²) in [5.74, 6) is -1.19. The molecule has 0 aliphatic carbocycles. The van der Waals surface area contributed by atoms with E-state index in [-0.39, 0.29) is 17.0 Å². The third-order valence-electron chi connectivity index (χ3n) is 8.47. The van der Waals surface area contributed by atoms with E-state index in [1.807, 2.05) is 30.3 Å². The van der Waals surface area contributed by atoms with Crippen molar-refractivity contribution in [3.8, 4) is 0 Å². The molecule has 3 heterocycles. The average molecular weight is 653 g/mol. The van der Waals surface area contributed by atoms with Crippen molar-refractivity contribution in [3.05, 3.63) is 77.5 Å². The molecule has 1 fully saturated rings. The van der Waals surface area contributed by atoms with Gasteiger partial charge in [0.15, 0.2) is 0 Å². The summed E-state index contributed by atoms with van der Waals surface area (Å²) in [5.41, 5.74) is 15.6. The lowest BCUT2D eigenvalue weighted by atomic mass is 10.1. The van der Waals surface area contributed by atoms with Gasteiger partial charge in [0.2, 0.25) is 10.0 Å². The van der Waals surface area contributed by atoms with Crippen LogP contribution in [0.1, 0.15) is 36.8 Å². The molecule has 3 aliphatic heterocycles. The number of hydrogen-bond donors (Lipinski definition) is 6. The number of sulfonamides is 1. The Labute approximate surface area is 270 Å². The number of carboxylic acid groups (broad SMARTS) is 1. The number of carboxylic acids is 1. The SMILES string of the molecule is NCCCN(CCCN)Cc1ccc(N2C=C3C=C(c4ccc(S(=O)(=O)N(CC(=O)O)C5CCNCC5)cc4)NC3NC2=O)cc1. The van der Waals surface area contributed by atoms with Gasteiger partial charge in [-0.15, -0.1) is 0 Å². The van der Waals surface area contributed by atoms with Crippen molar-refractivity contribution in [2.75, 3.05) is 50.7 Å². The molecule has 1 unspecified atom stereocenters. The van der Waals surface area contributed by atoms with Crippen molar-refractivity contribution >= 4 is 33.4 Å². The minimum absolute atomic E-state index is 0.0380. The van der Waals surface area contributed by atoms with Crippen molar-refractivity contribution in [1.29, 1.82) is 0 Å². The first-order chi connectivity index (χ1) is 22.2. The van der Waals surface area contributed by atoms with Crippen LogP contribution in [0.15, 0.2) is 71.3 Å². The summed E-state index contributed by atoms with van der Waals surface area (Å²) in [4.78, 5) is 28.6. The summed E-state index contributed by atoms with van der Waals surface area (Å²) in [6.07, 6.45) is 6.24. The number of amides is 2. The van der Waals surface area contributed by atoms with Crippen LogP contribution >= 0.6 is 0 Å². The molecule has 248 valence electrons. The topological polar surface area (TPSA) is 186 Å². The van der Waals surface area contributed by atoms with Crippen LogP contribution in [0.5, 0.6) is 0 Å². The highest BCUT2D eigenvalue weighted by molar-refractivity contribution is 7.89. The van der Waals surface area contributed by atoms with Gasteiger partial charge in [0.25, 0.3) is 0 Å². The van der Waals surface area contributed by atoms with Gasteiger partial charge in [-0.1, -0.05) is 24.3 Å². The lowest BCUT2D eigenvalue weighted by Crippen LogP contribution is -2.51. The fraction of sp³-hybridized carbons (Fsp3) is 0.438. The van der Waals surface area contributed by atoms with Gasteiger partial charge < -0.3 is 32.5 Å². The van der Waals surface area contributed by atoms with Gasteiger partial charge in [-0.05, 0) is 106 Å². The monoisotopic (exact) mass is 652 g/mol. The number of rotatable bonds is 15. The number of urea groups is 1. The molecule has 5 rings (SSSR count). The molecular weight excluding hydrogens is 608 g/mol. The zero-order valence-corrected chi connectivity index (χ0v) is 26.7. The van der Waals surface area contributed by atoms with Crippen molar-refractivity contribution in [1.82, 2.24) is 25.2 Å². The highest BCUT2D eigenvalue weighted by atomic mass is 32.2. The molecule has 0 spiro atoms. The van der Waals surface area contributed by atoms with E-state index in [9.17, 15) is 23.1 Å². The van der Waals surface area contributed by atoms with Crippen LogP contribution in [0.2, 0.25) is 0 Å². The van der Waals surface area contributed by atoms with Gasteiger partial charge in [0.05, 0.1) is 10.6 Å². The van der Waals surface area contributed by atoms with Gasteiger partial charge in [-0.25, -0.2) is 13.2 Å². The number of anilines is 1. The Bertz CT molecular complexity index is 1530. The number of carbonyl (C=O) groups excluding carboxylic acids is 1. The van der Waals surface area contributed by atoms with Crippen LogP contribution < -0.4 is 32.3 Å². The molecule has 46 heavy (non-hydrogen) atoms. The predicted octanol–water partition coefficient (Wildman–Crippen LogP) is 1.40. The van der Waals surface area contributed by atoms with Crippen LogP contribution in [-0.2, 0) is 21.4 Å². The maximum absolute atomic E-state index is 13.5. The standard InChI is InChI=1S/C32H44N8O5S/c33-13-1-17-38(18-2-14-34)20-23-3-7-26(8-4-23)39-21-25-19-29(36-31(25)37-32(39)43)24-5-9-28(10-6-24)46(44,45)40(22-30(41)42)27-11-15-35-16-12-27/h3-10,19,21,27,31,35-36H,1-2,11-18,20,22,33-34H2,(H,37,43)(H,41,42). The zero-order chi connectivity index (χ0) is 32.7. The van der Waals surface area contributed by atoms with Crippen molar-refractivity contribution in [3.63, 3.8) is 0 Å². The molecule has 14 heteroatoms. The Balaban J connectivity index is 1.29. The molecule has 0 bridgehead atoms. The van der Waals surface area contributed by atoms with E-state index < -0.39 is 28.7 Å². The highest BCUT2D eigenvalue weighted by Gasteiger charge is 2.35. The molecule has 1 atom stereocenters. The maximum atomic E-state index is 13.5. The number of benzene rings is 2. The first-order valence-corrected chi connectivity index (χ1v) is 17.2. The lowest BCUT2D eigenvalue weighted by Gasteiger charge is -2.32. The number of piperidine rings is 1. The Hall–Kier alpha value is -3.79. The van der Waals surface area contributed by atoms with Gasteiger partial charge >= 0.3 is 12.0 Å². The second kappa shape index (κ2) is 15.2. The lowest BCUT2D eigenvalue weighted by molar-refractivity contribution is -0.137. The number of aliphatic carboxylic acids is 1. The largest absolute Gasteiger partial charge is 0.480 e. The molecule has 0 radical (unpaired) electrons. The summed E-state index contributed by atoms with van der Waals surface area (Å²) in [7, 11) is -4.02. The number of fused-ring (bicyclic) bond motifs is 1. The molecular formula is C32H44N8O5S. The van der Waals surface area contributed by atoms with Crippen LogP contribution in [0.4, 0.5) is 10.5 Å². The zero-order valence-electron chi connectivity index (χ0n) is 25.9. The maximum Gasteiger partial charge on any atom is 0.327 e. The summed E-state index contributed by atoms with van der Waals surface area (Å²) < 4.78 is 28.1. The Kier molecular flexibility index (Phi) is 11.1. The van der Waals surface area contributed by atoms with Crippen molar-refractivity contribution in [2.45, 2.75) is 49.3 Å². The van der Waals surface area contributed by atoms with E-state index in [1.165, 1.54) is 12.1 Å². The van der Waals surface area contributed by atoms with E-state index in [0.29, 0.717) is 39.0 Å². The van der Waals surface area contributed by atoms with Gasteiger partial charge in [-0.2, -0.15) is 4.31 Å². The molecule has 0 aromatic heterocycles. The highest BCUT2D eigenvalue weighted by Crippen LogP contribution is 2.30. The van der Waals surface area contributed by atoms with E-state index in [2.05, 4.69) is 20.9 Å². The average Bonchev–Trinajstić information content (AvgIpc) is 3.48. The molecule has 2 amide bonds. The third kappa shape index (κ3) is 7.94. The second-order valence-electron chi connectivity index (χ2n) is 11.8. The first-order valence-electron chi connectivity index (χ1n) is 15.8. The van der Waals surface area contributed by atoms with E-state index in [1.54, 1.807) is 23.2 Å².